The number of esters is 1. The highest BCUT2D eigenvalue weighted by molar-refractivity contribution is 5.77. The van der Waals surface area contributed by atoms with Crippen LogP contribution in [0.1, 0.15) is 52.0 Å². The molecule has 0 saturated carbocycles. The van der Waals surface area contributed by atoms with Gasteiger partial charge in [-0.05, 0) is 56.5 Å². The lowest BCUT2D eigenvalue weighted by atomic mass is 10.1. The maximum Gasteiger partial charge on any atom is 0.343 e. The van der Waals surface area contributed by atoms with Crippen molar-refractivity contribution < 1.29 is 19.0 Å². The van der Waals surface area contributed by atoms with E-state index in [0.29, 0.717) is 11.6 Å². The van der Waals surface area contributed by atoms with Crippen molar-refractivity contribution in [1.29, 1.82) is 0 Å². The van der Waals surface area contributed by atoms with Crippen molar-refractivity contribution in [3.8, 4) is 17.1 Å². The SMILES string of the molecule is CCCCCCc1cnc(-c2ccc(OC(=O)C3COC(C)(C)O3)cc2)nc1. The van der Waals surface area contributed by atoms with E-state index < -0.39 is 17.9 Å². The summed E-state index contributed by atoms with van der Waals surface area (Å²) < 4.78 is 16.3. The molecule has 6 nitrogen and oxygen atoms in total. The summed E-state index contributed by atoms with van der Waals surface area (Å²) in [6.07, 6.45) is 9.01. The third kappa shape index (κ3) is 5.59. The summed E-state index contributed by atoms with van der Waals surface area (Å²) in [4.78, 5) is 21.1. The fraction of sp³-hybridized carbons (Fsp3) is 0.500. The maximum atomic E-state index is 12.2. The highest BCUT2D eigenvalue weighted by Crippen LogP contribution is 2.25. The van der Waals surface area contributed by atoms with Crippen molar-refractivity contribution in [2.45, 2.75) is 64.8 Å². The zero-order valence-corrected chi connectivity index (χ0v) is 16.8. The number of carbonyl (C=O) groups is 1. The van der Waals surface area contributed by atoms with Crippen LogP contribution in [-0.4, -0.2) is 34.4 Å². The molecule has 0 aliphatic carbocycles. The van der Waals surface area contributed by atoms with Gasteiger partial charge in [-0.25, -0.2) is 14.8 Å². The van der Waals surface area contributed by atoms with Crippen LogP contribution < -0.4 is 4.74 Å². The lowest BCUT2D eigenvalue weighted by molar-refractivity contribution is -0.162. The fourth-order valence-electron chi connectivity index (χ4n) is 3.05. The summed E-state index contributed by atoms with van der Waals surface area (Å²) in [7, 11) is 0. The highest BCUT2D eigenvalue weighted by atomic mass is 16.8. The van der Waals surface area contributed by atoms with Gasteiger partial charge in [0.05, 0.1) is 6.61 Å². The topological polar surface area (TPSA) is 70.5 Å². The van der Waals surface area contributed by atoms with Gasteiger partial charge in [0, 0.05) is 18.0 Å². The molecule has 1 aliphatic rings. The van der Waals surface area contributed by atoms with E-state index in [0.717, 1.165) is 17.5 Å². The van der Waals surface area contributed by atoms with Crippen LogP contribution in [0.2, 0.25) is 0 Å². The average Bonchev–Trinajstić information content (AvgIpc) is 3.06. The quantitative estimate of drug-likeness (QED) is 0.383. The van der Waals surface area contributed by atoms with Crippen molar-refractivity contribution in [3.63, 3.8) is 0 Å². The molecule has 1 unspecified atom stereocenters. The van der Waals surface area contributed by atoms with E-state index in [1.807, 2.05) is 24.5 Å². The standard InChI is InChI=1S/C22H28N2O4/c1-4-5-6-7-8-16-13-23-20(24-14-16)17-9-11-18(12-10-17)27-21(25)19-15-26-22(2,3)28-19/h9-14,19H,4-8,15H2,1-3H3. The number of benzene rings is 1. The summed E-state index contributed by atoms with van der Waals surface area (Å²) in [5, 5.41) is 0. The summed E-state index contributed by atoms with van der Waals surface area (Å²) in [6.45, 7) is 5.95. The molecule has 2 aromatic rings. The molecule has 1 aromatic heterocycles. The van der Waals surface area contributed by atoms with E-state index >= 15 is 0 Å². The zero-order chi connectivity index (χ0) is 20.0. The molecule has 1 aromatic carbocycles. The van der Waals surface area contributed by atoms with Gasteiger partial charge < -0.3 is 14.2 Å². The van der Waals surface area contributed by atoms with E-state index in [2.05, 4.69) is 16.9 Å². The Morgan fingerprint density at radius 1 is 1.14 bits per heavy atom. The molecule has 0 radical (unpaired) electrons. The predicted molar refractivity (Wildman–Crippen MR) is 106 cm³/mol. The average molecular weight is 384 g/mol. The third-order valence-electron chi connectivity index (χ3n) is 4.63. The maximum absolute atomic E-state index is 12.2. The van der Waals surface area contributed by atoms with Gasteiger partial charge in [-0.3, -0.25) is 0 Å². The molecule has 3 rings (SSSR count). The van der Waals surface area contributed by atoms with E-state index in [4.69, 9.17) is 14.2 Å². The molecule has 0 bridgehead atoms. The Bertz CT molecular complexity index is 772. The van der Waals surface area contributed by atoms with Gasteiger partial charge in [0.2, 0.25) is 0 Å². The molecule has 0 amide bonds. The molecule has 1 saturated heterocycles. The predicted octanol–water partition coefficient (Wildman–Crippen LogP) is 4.32. The first-order chi connectivity index (χ1) is 13.5. The smallest absolute Gasteiger partial charge is 0.343 e. The summed E-state index contributed by atoms with van der Waals surface area (Å²) in [5.74, 6) is -0.103. The number of unbranched alkanes of at least 4 members (excludes halogenated alkanes) is 3. The van der Waals surface area contributed by atoms with E-state index in [9.17, 15) is 4.79 Å². The Hall–Kier alpha value is -2.31. The van der Waals surface area contributed by atoms with Crippen molar-refractivity contribution in [2.75, 3.05) is 6.61 Å². The van der Waals surface area contributed by atoms with Gasteiger partial charge in [0.25, 0.3) is 0 Å². The second-order valence-corrected chi connectivity index (χ2v) is 7.49. The van der Waals surface area contributed by atoms with Crippen molar-refractivity contribution in [1.82, 2.24) is 9.97 Å². The van der Waals surface area contributed by atoms with Gasteiger partial charge in [0.15, 0.2) is 17.7 Å². The fourth-order valence-corrected chi connectivity index (χ4v) is 3.05. The van der Waals surface area contributed by atoms with Crippen molar-refractivity contribution in [3.05, 3.63) is 42.2 Å². The number of ether oxygens (including phenoxy) is 3. The van der Waals surface area contributed by atoms with Crippen LogP contribution >= 0.6 is 0 Å². The van der Waals surface area contributed by atoms with Crippen LogP contribution in [0, 0.1) is 0 Å². The molecular weight excluding hydrogens is 356 g/mol. The first kappa shape index (κ1) is 20.4. The molecule has 1 fully saturated rings. The first-order valence-electron chi connectivity index (χ1n) is 9.91. The van der Waals surface area contributed by atoms with Gasteiger partial charge in [-0.15, -0.1) is 0 Å². The second kappa shape index (κ2) is 9.26. The second-order valence-electron chi connectivity index (χ2n) is 7.49. The Balaban J connectivity index is 1.54. The Morgan fingerprint density at radius 2 is 1.86 bits per heavy atom. The molecule has 1 atom stereocenters. The molecule has 2 heterocycles. The minimum Gasteiger partial charge on any atom is -0.425 e. The largest absolute Gasteiger partial charge is 0.425 e. The molecule has 6 heteroatoms. The molecule has 0 spiro atoms. The minimum atomic E-state index is -0.757. The number of hydrogen-bond acceptors (Lipinski definition) is 6. The Morgan fingerprint density at radius 3 is 2.46 bits per heavy atom. The number of carbonyl (C=O) groups excluding carboxylic acids is 1. The van der Waals surface area contributed by atoms with Crippen LogP contribution in [-0.2, 0) is 20.7 Å². The molecule has 150 valence electrons. The number of rotatable bonds is 8. The molecule has 28 heavy (non-hydrogen) atoms. The summed E-state index contributed by atoms with van der Waals surface area (Å²) >= 11 is 0. The summed E-state index contributed by atoms with van der Waals surface area (Å²) in [5.41, 5.74) is 2.03. The lowest BCUT2D eigenvalue weighted by Gasteiger charge is -2.16. The zero-order valence-electron chi connectivity index (χ0n) is 16.8. The first-order valence-corrected chi connectivity index (χ1v) is 9.91. The van der Waals surface area contributed by atoms with Crippen molar-refractivity contribution in [2.24, 2.45) is 0 Å². The number of hydrogen-bond donors (Lipinski definition) is 0. The van der Waals surface area contributed by atoms with E-state index in [1.54, 1.807) is 26.0 Å². The molecule has 1 aliphatic heterocycles. The number of aryl methyl sites for hydroxylation is 1. The number of aromatic nitrogens is 2. The Labute approximate surface area is 166 Å². The highest BCUT2D eigenvalue weighted by Gasteiger charge is 2.38. The van der Waals surface area contributed by atoms with Crippen LogP contribution in [0.4, 0.5) is 0 Å². The van der Waals surface area contributed by atoms with Gasteiger partial charge in [-0.1, -0.05) is 26.2 Å². The van der Waals surface area contributed by atoms with Crippen LogP contribution in [0.15, 0.2) is 36.7 Å². The van der Waals surface area contributed by atoms with Crippen LogP contribution in [0.3, 0.4) is 0 Å². The monoisotopic (exact) mass is 384 g/mol. The number of nitrogens with zero attached hydrogens (tertiary/aromatic N) is 2. The normalized spacial score (nSPS) is 18.2. The third-order valence-corrected chi connectivity index (χ3v) is 4.63. The summed E-state index contributed by atoms with van der Waals surface area (Å²) in [6, 6.07) is 7.15. The van der Waals surface area contributed by atoms with E-state index in [1.165, 1.54) is 25.7 Å². The van der Waals surface area contributed by atoms with Gasteiger partial charge in [0.1, 0.15) is 5.75 Å². The molecule has 0 N–H and O–H groups in total. The molecular formula is C22H28N2O4. The van der Waals surface area contributed by atoms with Crippen LogP contribution in [0.25, 0.3) is 11.4 Å². The van der Waals surface area contributed by atoms with Gasteiger partial charge >= 0.3 is 5.97 Å². The Kier molecular flexibility index (Phi) is 6.75. The van der Waals surface area contributed by atoms with Crippen molar-refractivity contribution >= 4 is 5.97 Å². The lowest BCUT2D eigenvalue weighted by Crippen LogP contribution is -2.30. The van der Waals surface area contributed by atoms with Gasteiger partial charge in [-0.2, -0.15) is 0 Å². The minimum absolute atomic E-state index is 0.197. The van der Waals surface area contributed by atoms with Crippen LogP contribution in [0.5, 0.6) is 5.75 Å². The van der Waals surface area contributed by atoms with E-state index in [-0.39, 0.29) is 6.61 Å².